The minimum absolute atomic E-state index is 0.205. The number of furan rings is 1. The van der Waals surface area contributed by atoms with Crippen molar-refractivity contribution in [3.63, 3.8) is 0 Å². The number of carbonyl (C=O) groups is 1. The second kappa shape index (κ2) is 8.70. The van der Waals surface area contributed by atoms with Gasteiger partial charge in [0.1, 0.15) is 11.4 Å². The van der Waals surface area contributed by atoms with E-state index in [1.165, 1.54) is 10.7 Å². The van der Waals surface area contributed by atoms with E-state index >= 15 is 0 Å². The van der Waals surface area contributed by atoms with Gasteiger partial charge in [-0.05, 0) is 36.8 Å². The first-order valence-electron chi connectivity index (χ1n) is 8.47. The van der Waals surface area contributed by atoms with Gasteiger partial charge in [-0.25, -0.2) is 9.48 Å². The maximum absolute atomic E-state index is 12.0. The van der Waals surface area contributed by atoms with Gasteiger partial charge in [0.15, 0.2) is 5.76 Å². The Morgan fingerprint density at radius 2 is 2.04 bits per heavy atom. The molecule has 0 spiro atoms. The van der Waals surface area contributed by atoms with Crippen LogP contribution in [0.3, 0.4) is 0 Å². The van der Waals surface area contributed by atoms with E-state index in [-0.39, 0.29) is 11.6 Å². The summed E-state index contributed by atoms with van der Waals surface area (Å²) in [6, 6.07) is 13.4. The molecule has 8 heteroatoms. The van der Waals surface area contributed by atoms with E-state index in [1.807, 2.05) is 12.1 Å². The number of nitrogens with one attached hydrogen (secondary N) is 2. The standard InChI is InChI=1S/C19H20N4O4/c1-26-16-7-3-2-6-14(16)21-19(25)20-11-5-12-23-18(24)10-9-15(22-23)17-8-4-13-27-17/h2-4,6-10,13H,5,11-12H2,1H3,(H2,20,21,25). The molecular weight excluding hydrogens is 348 g/mol. The third kappa shape index (κ3) is 4.75. The SMILES string of the molecule is COc1ccccc1NC(=O)NCCCn1nc(-c2ccco2)ccc1=O. The number of urea groups is 1. The van der Waals surface area contributed by atoms with E-state index in [2.05, 4.69) is 15.7 Å². The van der Waals surface area contributed by atoms with Crippen molar-refractivity contribution in [2.45, 2.75) is 13.0 Å². The summed E-state index contributed by atoms with van der Waals surface area (Å²) in [6.45, 7) is 0.766. The van der Waals surface area contributed by atoms with Crippen molar-refractivity contribution in [1.29, 1.82) is 0 Å². The highest BCUT2D eigenvalue weighted by atomic mass is 16.5. The molecule has 0 atom stereocenters. The second-order valence-corrected chi connectivity index (χ2v) is 5.69. The summed E-state index contributed by atoms with van der Waals surface area (Å²) in [5.74, 6) is 1.18. The summed E-state index contributed by atoms with van der Waals surface area (Å²) >= 11 is 0. The number of hydrogen-bond acceptors (Lipinski definition) is 5. The number of rotatable bonds is 7. The predicted octanol–water partition coefficient (Wildman–Crippen LogP) is 2.72. The highest BCUT2D eigenvalue weighted by Gasteiger charge is 2.07. The molecule has 2 amide bonds. The number of aryl methyl sites for hydroxylation is 1. The number of nitrogens with zero attached hydrogens (tertiary/aromatic N) is 2. The summed E-state index contributed by atoms with van der Waals surface area (Å²) in [5.41, 5.74) is 0.965. The molecular formula is C19H20N4O4. The Bertz CT molecular complexity index is 950. The third-order valence-electron chi connectivity index (χ3n) is 3.83. The van der Waals surface area contributed by atoms with E-state index in [9.17, 15) is 9.59 Å². The zero-order valence-electron chi connectivity index (χ0n) is 14.8. The van der Waals surface area contributed by atoms with Crippen LogP contribution in [0.4, 0.5) is 10.5 Å². The third-order valence-corrected chi connectivity index (χ3v) is 3.83. The van der Waals surface area contributed by atoms with Crippen LogP contribution in [0.5, 0.6) is 5.75 Å². The molecule has 27 heavy (non-hydrogen) atoms. The fourth-order valence-corrected chi connectivity index (χ4v) is 2.51. The molecule has 3 aromatic rings. The molecule has 2 N–H and O–H groups in total. The van der Waals surface area contributed by atoms with Gasteiger partial charge >= 0.3 is 6.03 Å². The molecule has 0 saturated heterocycles. The maximum Gasteiger partial charge on any atom is 0.319 e. The molecule has 140 valence electrons. The largest absolute Gasteiger partial charge is 0.495 e. The number of methoxy groups -OCH3 is 1. The monoisotopic (exact) mass is 368 g/mol. The second-order valence-electron chi connectivity index (χ2n) is 5.69. The number of aromatic nitrogens is 2. The van der Waals surface area contributed by atoms with Gasteiger partial charge in [-0.3, -0.25) is 4.79 Å². The lowest BCUT2D eigenvalue weighted by Crippen LogP contribution is -2.31. The minimum atomic E-state index is -0.343. The summed E-state index contributed by atoms with van der Waals surface area (Å²) in [7, 11) is 1.54. The van der Waals surface area contributed by atoms with Crippen LogP contribution in [0, 0.1) is 0 Å². The average Bonchev–Trinajstić information content (AvgIpc) is 3.22. The van der Waals surface area contributed by atoms with Crippen LogP contribution in [0.1, 0.15) is 6.42 Å². The first-order chi connectivity index (χ1) is 13.2. The van der Waals surface area contributed by atoms with Crippen LogP contribution in [0.2, 0.25) is 0 Å². The number of benzene rings is 1. The molecule has 0 bridgehead atoms. The Morgan fingerprint density at radius 1 is 1.19 bits per heavy atom. The number of amides is 2. The fourth-order valence-electron chi connectivity index (χ4n) is 2.51. The summed E-state index contributed by atoms with van der Waals surface area (Å²) in [5, 5.41) is 9.76. The van der Waals surface area contributed by atoms with E-state index in [0.29, 0.717) is 42.4 Å². The van der Waals surface area contributed by atoms with Crippen LogP contribution in [0.15, 0.2) is 64.0 Å². The van der Waals surface area contributed by atoms with E-state index < -0.39 is 0 Å². The van der Waals surface area contributed by atoms with Gasteiger partial charge in [0.2, 0.25) is 0 Å². The van der Waals surface area contributed by atoms with Crippen LogP contribution in [-0.2, 0) is 6.54 Å². The van der Waals surface area contributed by atoms with Gasteiger partial charge in [-0.2, -0.15) is 5.10 Å². The Hall–Kier alpha value is -3.55. The minimum Gasteiger partial charge on any atom is -0.495 e. The number of anilines is 1. The van der Waals surface area contributed by atoms with Crippen LogP contribution >= 0.6 is 0 Å². The van der Waals surface area contributed by atoms with Gasteiger partial charge in [0.05, 0.1) is 19.1 Å². The summed E-state index contributed by atoms with van der Waals surface area (Å²) in [6.07, 6.45) is 2.10. The van der Waals surface area contributed by atoms with Gasteiger partial charge in [-0.15, -0.1) is 0 Å². The molecule has 8 nitrogen and oxygen atoms in total. The Balaban J connectivity index is 1.51. The summed E-state index contributed by atoms with van der Waals surface area (Å²) < 4.78 is 11.8. The van der Waals surface area contributed by atoms with Crippen molar-refractivity contribution in [1.82, 2.24) is 15.1 Å². The van der Waals surface area contributed by atoms with E-state index in [4.69, 9.17) is 9.15 Å². The lowest BCUT2D eigenvalue weighted by Gasteiger charge is -2.11. The fraction of sp³-hybridized carbons (Fsp3) is 0.211. The number of ether oxygens (including phenoxy) is 1. The predicted molar refractivity (Wildman–Crippen MR) is 101 cm³/mol. The van der Waals surface area contributed by atoms with Crippen LogP contribution < -0.4 is 20.9 Å². The molecule has 0 aliphatic heterocycles. The molecule has 0 radical (unpaired) electrons. The van der Waals surface area contributed by atoms with Crippen LogP contribution in [-0.4, -0.2) is 29.5 Å². The Labute approximate surface area is 155 Å². The molecule has 1 aromatic carbocycles. The first kappa shape index (κ1) is 18.2. The van der Waals surface area contributed by atoms with Crippen molar-refractivity contribution in [2.24, 2.45) is 0 Å². The van der Waals surface area contributed by atoms with Crippen LogP contribution in [0.25, 0.3) is 11.5 Å². The van der Waals surface area contributed by atoms with Crippen molar-refractivity contribution >= 4 is 11.7 Å². The quantitative estimate of drug-likeness (QED) is 0.625. The molecule has 0 unspecified atom stereocenters. The molecule has 0 aliphatic carbocycles. The normalized spacial score (nSPS) is 10.4. The lowest BCUT2D eigenvalue weighted by atomic mass is 10.3. The highest BCUT2D eigenvalue weighted by Crippen LogP contribution is 2.22. The van der Waals surface area contributed by atoms with E-state index in [0.717, 1.165) is 0 Å². The van der Waals surface area contributed by atoms with Gasteiger partial charge in [0.25, 0.3) is 5.56 Å². The average molecular weight is 368 g/mol. The van der Waals surface area contributed by atoms with Gasteiger partial charge in [0, 0.05) is 19.2 Å². The van der Waals surface area contributed by atoms with Crippen molar-refractivity contribution in [2.75, 3.05) is 19.0 Å². The molecule has 0 fully saturated rings. The summed E-state index contributed by atoms with van der Waals surface area (Å²) in [4.78, 5) is 23.9. The molecule has 0 saturated carbocycles. The van der Waals surface area contributed by atoms with E-state index in [1.54, 1.807) is 43.7 Å². The highest BCUT2D eigenvalue weighted by molar-refractivity contribution is 5.90. The van der Waals surface area contributed by atoms with Crippen molar-refractivity contribution < 1.29 is 13.9 Å². The topological polar surface area (TPSA) is 98.4 Å². The zero-order valence-corrected chi connectivity index (χ0v) is 14.8. The number of para-hydroxylation sites is 2. The van der Waals surface area contributed by atoms with Crippen molar-refractivity contribution in [3.8, 4) is 17.2 Å². The molecule has 0 aliphatic rings. The Kier molecular flexibility index (Phi) is 5.88. The number of hydrogen-bond donors (Lipinski definition) is 2. The first-order valence-corrected chi connectivity index (χ1v) is 8.47. The number of carbonyl (C=O) groups excluding carboxylic acids is 1. The van der Waals surface area contributed by atoms with Gasteiger partial charge < -0.3 is 19.8 Å². The molecule has 2 heterocycles. The molecule has 2 aromatic heterocycles. The maximum atomic E-state index is 12.0. The Morgan fingerprint density at radius 3 is 2.81 bits per heavy atom. The zero-order chi connectivity index (χ0) is 19.1. The smallest absolute Gasteiger partial charge is 0.319 e. The molecule has 3 rings (SSSR count). The van der Waals surface area contributed by atoms with Gasteiger partial charge in [-0.1, -0.05) is 12.1 Å². The lowest BCUT2D eigenvalue weighted by molar-refractivity contribution is 0.251. The van der Waals surface area contributed by atoms with Crippen molar-refractivity contribution in [3.05, 3.63) is 65.1 Å².